The highest BCUT2D eigenvalue weighted by atomic mass is 14.7. The van der Waals surface area contributed by atoms with Crippen molar-refractivity contribution in [3.05, 3.63) is 34.1 Å². The molecule has 0 amide bonds. The van der Waals surface area contributed by atoms with E-state index in [4.69, 9.17) is 0 Å². The number of fused-ring (bicyclic) bond motifs is 1. The van der Waals surface area contributed by atoms with Gasteiger partial charge in [-0.15, -0.1) is 0 Å². The van der Waals surface area contributed by atoms with Crippen molar-refractivity contribution >= 4 is 10.8 Å². The number of hydrogen-bond donors (Lipinski definition) is 1. The fraction of sp³-hybridized carbons (Fsp3) is 0.385. The highest BCUT2D eigenvalue weighted by molar-refractivity contribution is 5.92. The molecule has 1 aromatic carbocycles. The molecular weight excluding hydrogens is 170 g/mol. The first-order valence-corrected chi connectivity index (χ1v) is 5.08. The average Bonchev–Trinajstić information content (AvgIpc) is 2.38. The van der Waals surface area contributed by atoms with Crippen LogP contribution in [0.25, 0.3) is 10.8 Å². The summed E-state index contributed by atoms with van der Waals surface area (Å²) in [5.74, 6) is 0. The van der Waals surface area contributed by atoms with E-state index in [0.29, 0.717) is 0 Å². The predicted molar refractivity (Wildman–Crippen MR) is 62.0 cm³/mol. The maximum Gasteiger partial charge on any atom is 0.0200 e. The second-order valence-corrected chi connectivity index (χ2v) is 4.24. The third-order valence-electron chi connectivity index (χ3n) is 3.31. The third-order valence-corrected chi connectivity index (χ3v) is 3.31. The van der Waals surface area contributed by atoms with E-state index in [1.54, 1.807) is 0 Å². The van der Waals surface area contributed by atoms with E-state index in [-0.39, 0.29) is 0 Å². The molecule has 2 aromatic rings. The van der Waals surface area contributed by atoms with Crippen molar-refractivity contribution < 1.29 is 0 Å². The van der Waals surface area contributed by atoms with Crippen LogP contribution in [0.1, 0.15) is 28.1 Å². The van der Waals surface area contributed by atoms with Gasteiger partial charge >= 0.3 is 0 Å². The minimum Gasteiger partial charge on any atom is -0.362 e. The second kappa shape index (κ2) is 2.88. The standard InChI is InChI=1S/C13H17N/c1-7-6-12-10(4)14-11(5)13(12)9(3)8(7)2/h6,14H,1-5H3. The number of H-pyrrole nitrogens is 1. The van der Waals surface area contributed by atoms with Gasteiger partial charge < -0.3 is 4.98 Å². The van der Waals surface area contributed by atoms with Crippen molar-refractivity contribution in [2.24, 2.45) is 0 Å². The summed E-state index contributed by atoms with van der Waals surface area (Å²) < 4.78 is 0. The van der Waals surface area contributed by atoms with Crippen LogP contribution < -0.4 is 0 Å². The second-order valence-electron chi connectivity index (χ2n) is 4.24. The van der Waals surface area contributed by atoms with Crippen LogP contribution in [0.2, 0.25) is 0 Å². The van der Waals surface area contributed by atoms with Crippen LogP contribution in [0, 0.1) is 34.6 Å². The van der Waals surface area contributed by atoms with Gasteiger partial charge in [-0.1, -0.05) is 0 Å². The van der Waals surface area contributed by atoms with Crippen LogP contribution in [0.4, 0.5) is 0 Å². The Balaban J connectivity index is 3.01. The molecule has 1 aromatic heterocycles. The Kier molecular flexibility index (Phi) is 1.91. The Morgan fingerprint density at radius 2 is 1.50 bits per heavy atom. The third kappa shape index (κ3) is 1.08. The predicted octanol–water partition coefficient (Wildman–Crippen LogP) is 3.71. The van der Waals surface area contributed by atoms with E-state index in [2.05, 4.69) is 45.7 Å². The van der Waals surface area contributed by atoms with Crippen molar-refractivity contribution in [3.63, 3.8) is 0 Å². The van der Waals surface area contributed by atoms with Crippen LogP contribution in [0.15, 0.2) is 6.07 Å². The number of aromatic amines is 1. The summed E-state index contributed by atoms with van der Waals surface area (Å²) in [4.78, 5) is 3.41. The largest absolute Gasteiger partial charge is 0.362 e. The summed E-state index contributed by atoms with van der Waals surface area (Å²) in [7, 11) is 0. The highest BCUT2D eigenvalue weighted by Gasteiger charge is 2.09. The van der Waals surface area contributed by atoms with E-state index >= 15 is 0 Å². The van der Waals surface area contributed by atoms with Crippen molar-refractivity contribution in [1.29, 1.82) is 0 Å². The molecule has 0 saturated carbocycles. The number of hydrogen-bond acceptors (Lipinski definition) is 0. The van der Waals surface area contributed by atoms with E-state index < -0.39 is 0 Å². The Bertz CT molecular complexity index is 504. The molecule has 0 fully saturated rings. The molecule has 2 rings (SSSR count). The Morgan fingerprint density at radius 1 is 0.857 bits per heavy atom. The summed E-state index contributed by atoms with van der Waals surface area (Å²) in [6.07, 6.45) is 0. The van der Waals surface area contributed by atoms with Crippen molar-refractivity contribution in [2.75, 3.05) is 0 Å². The molecule has 1 N–H and O–H groups in total. The lowest BCUT2D eigenvalue weighted by Crippen LogP contribution is -1.87. The molecule has 0 bridgehead atoms. The zero-order chi connectivity index (χ0) is 10.5. The first-order valence-electron chi connectivity index (χ1n) is 5.08. The monoisotopic (exact) mass is 187 g/mol. The number of aryl methyl sites for hydroxylation is 4. The zero-order valence-electron chi connectivity index (χ0n) is 9.58. The molecule has 0 aliphatic rings. The highest BCUT2D eigenvalue weighted by Crippen LogP contribution is 2.29. The molecule has 0 saturated heterocycles. The minimum absolute atomic E-state index is 1.28. The van der Waals surface area contributed by atoms with E-state index in [1.807, 2.05) is 0 Å². The molecule has 1 heterocycles. The maximum absolute atomic E-state index is 3.41. The number of rotatable bonds is 0. The van der Waals surface area contributed by atoms with Gasteiger partial charge in [0.15, 0.2) is 0 Å². The number of nitrogens with one attached hydrogen (secondary N) is 1. The Labute approximate surface area is 85.1 Å². The Hall–Kier alpha value is -1.24. The van der Waals surface area contributed by atoms with E-state index in [1.165, 1.54) is 38.9 Å². The molecular formula is C13H17N. The van der Waals surface area contributed by atoms with Gasteiger partial charge in [-0.25, -0.2) is 0 Å². The van der Waals surface area contributed by atoms with Gasteiger partial charge in [0.05, 0.1) is 0 Å². The van der Waals surface area contributed by atoms with Gasteiger partial charge in [-0.05, 0) is 57.4 Å². The molecule has 14 heavy (non-hydrogen) atoms. The molecule has 0 unspecified atom stereocenters. The average molecular weight is 187 g/mol. The maximum atomic E-state index is 3.41. The van der Waals surface area contributed by atoms with Crippen LogP contribution in [-0.2, 0) is 0 Å². The van der Waals surface area contributed by atoms with Gasteiger partial charge in [-0.3, -0.25) is 0 Å². The summed E-state index contributed by atoms with van der Waals surface area (Å²) in [6.45, 7) is 10.9. The van der Waals surface area contributed by atoms with Gasteiger partial charge in [0, 0.05) is 22.2 Å². The SMILES string of the molecule is Cc1cc2c(C)[nH]c(C)c2c(C)c1C. The summed E-state index contributed by atoms with van der Waals surface area (Å²) in [6, 6.07) is 2.29. The van der Waals surface area contributed by atoms with E-state index in [9.17, 15) is 0 Å². The van der Waals surface area contributed by atoms with Gasteiger partial charge in [0.2, 0.25) is 0 Å². The smallest absolute Gasteiger partial charge is 0.0200 e. The molecule has 1 nitrogen and oxygen atoms in total. The van der Waals surface area contributed by atoms with Gasteiger partial charge in [0.25, 0.3) is 0 Å². The number of benzene rings is 1. The fourth-order valence-corrected chi connectivity index (χ4v) is 2.27. The van der Waals surface area contributed by atoms with Crippen molar-refractivity contribution in [3.8, 4) is 0 Å². The topological polar surface area (TPSA) is 15.8 Å². The molecule has 0 atom stereocenters. The fourth-order valence-electron chi connectivity index (χ4n) is 2.27. The summed E-state index contributed by atoms with van der Waals surface area (Å²) in [5.41, 5.74) is 6.79. The van der Waals surface area contributed by atoms with Crippen LogP contribution in [-0.4, -0.2) is 4.98 Å². The van der Waals surface area contributed by atoms with Crippen molar-refractivity contribution in [2.45, 2.75) is 34.6 Å². The lowest BCUT2D eigenvalue weighted by molar-refractivity contribution is 1.20. The summed E-state index contributed by atoms with van der Waals surface area (Å²) in [5, 5.41) is 2.79. The molecule has 0 aliphatic heterocycles. The molecule has 0 spiro atoms. The van der Waals surface area contributed by atoms with Gasteiger partial charge in [0.1, 0.15) is 0 Å². The molecule has 0 aliphatic carbocycles. The number of aromatic nitrogens is 1. The van der Waals surface area contributed by atoms with Gasteiger partial charge in [-0.2, -0.15) is 0 Å². The first kappa shape index (κ1) is 9.32. The van der Waals surface area contributed by atoms with Crippen LogP contribution in [0.3, 0.4) is 0 Å². The zero-order valence-corrected chi connectivity index (χ0v) is 9.58. The van der Waals surface area contributed by atoms with Crippen LogP contribution in [0.5, 0.6) is 0 Å². The van der Waals surface area contributed by atoms with E-state index in [0.717, 1.165) is 0 Å². The van der Waals surface area contributed by atoms with Crippen molar-refractivity contribution in [1.82, 2.24) is 4.98 Å². The molecule has 1 heteroatoms. The normalized spacial score (nSPS) is 11.2. The quantitative estimate of drug-likeness (QED) is 0.647. The lowest BCUT2D eigenvalue weighted by atomic mass is 9.97. The lowest BCUT2D eigenvalue weighted by Gasteiger charge is -2.07. The van der Waals surface area contributed by atoms with Crippen LogP contribution >= 0.6 is 0 Å². The summed E-state index contributed by atoms with van der Waals surface area (Å²) >= 11 is 0. The Morgan fingerprint density at radius 3 is 2.14 bits per heavy atom. The molecule has 74 valence electrons. The molecule has 0 radical (unpaired) electrons. The first-order chi connectivity index (χ1) is 6.52. The minimum atomic E-state index is 1.28.